The number of rotatable bonds is 9. The number of aromatic nitrogens is 4. The van der Waals surface area contributed by atoms with Crippen molar-refractivity contribution in [1.82, 2.24) is 19.9 Å². The van der Waals surface area contributed by atoms with Crippen molar-refractivity contribution in [2.45, 2.75) is 114 Å². The van der Waals surface area contributed by atoms with E-state index in [1.54, 1.807) is 21.6 Å². The summed E-state index contributed by atoms with van der Waals surface area (Å²) in [6.45, 7) is 4.75. The van der Waals surface area contributed by atoms with Crippen LogP contribution in [0.3, 0.4) is 0 Å². The number of carboxylic acid groups (broad SMARTS) is 2. The second-order valence-electron chi connectivity index (χ2n) is 15.8. The molecule has 53 heavy (non-hydrogen) atoms. The van der Waals surface area contributed by atoms with Gasteiger partial charge < -0.3 is 29.8 Å². The molecule has 4 fully saturated rings. The molecule has 2 aromatic heterocycles. The van der Waals surface area contributed by atoms with Gasteiger partial charge in [0, 0.05) is 79.7 Å². The third-order valence-electron chi connectivity index (χ3n) is 12.8. The fourth-order valence-electron chi connectivity index (χ4n) is 9.73. The number of nitrogens with zero attached hydrogens (tertiary/aromatic N) is 8. The van der Waals surface area contributed by atoms with Gasteiger partial charge in [-0.3, -0.25) is 9.59 Å². The first-order valence-corrected chi connectivity index (χ1v) is 18.5. The van der Waals surface area contributed by atoms with Gasteiger partial charge in [-0.25, -0.2) is 9.97 Å². The van der Waals surface area contributed by atoms with E-state index in [1.165, 1.54) is 0 Å². The van der Waals surface area contributed by atoms with E-state index in [9.17, 15) is 46.1 Å². The van der Waals surface area contributed by atoms with Gasteiger partial charge >= 0.3 is 24.3 Å². The zero-order valence-electron chi connectivity index (χ0n) is 29.4. The van der Waals surface area contributed by atoms with Crippen LogP contribution in [-0.2, 0) is 28.4 Å². The maximum atomic E-state index is 15.0. The van der Waals surface area contributed by atoms with Crippen LogP contribution in [0, 0.1) is 17.8 Å². The topological polar surface area (TPSA) is 139 Å². The van der Waals surface area contributed by atoms with Gasteiger partial charge in [-0.1, -0.05) is 0 Å². The first kappa shape index (κ1) is 35.9. The molecule has 2 saturated heterocycles. The van der Waals surface area contributed by atoms with Crippen LogP contribution in [0.25, 0.3) is 0 Å². The average Bonchev–Trinajstić information content (AvgIpc) is 3.77. The Balaban J connectivity index is 1.12. The lowest BCUT2D eigenvalue weighted by molar-refractivity contribution is -0.142. The normalized spacial score (nSPS) is 30.9. The number of aliphatic carboxylic acids is 2. The fourth-order valence-corrected chi connectivity index (χ4v) is 9.73. The molecular weight excluding hydrogens is 710 g/mol. The summed E-state index contributed by atoms with van der Waals surface area (Å²) in [6.07, 6.45) is -5.81. The smallest absolute Gasteiger partial charge is 0.433 e. The first-order valence-electron chi connectivity index (χ1n) is 18.5. The van der Waals surface area contributed by atoms with E-state index in [4.69, 9.17) is 4.98 Å². The molecule has 0 aromatic carbocycles. The van der Waals surface area contributed by atoms with E-state index in [0.29, 0.717) is 38.6 Å². The van der Waals surface area contributed by atoms with E-state index >= 15 is 0 Å². The number of anilines is 4. The molecule has 0 bridgehead atoms. The molecule has 288 valence electrons. The highest BCUT2D eigenvalue weighted by Crippen LogP contribution is 2.53. The second-order valence-corrected chi connectivity index (χ2v) is 15.8. The first-order chi connectivity index (χ1) is 25.0. The van der Waals surface area contributed by atoms with Crippen molar-refractivity contribution in [1.29, 1.82) is 0 Å². The highest BCUT2D eigenvalue weighted by molar-refractivity contribution is 5.68. The Morgan fingerprint density at radius 3 is 2.00 bits per heavy atom. The summed E-state index contributed by atoms with van der Waals surface area (Å²) >= 11 is 0. The molecule has 2 saturated carbocycles. The maximum absolute atomic E-state index is 15.0. The van der Waals surface area contributed by atoms with Gasteiger partial charge in [0.2, 0.25) is 11.9 Å². The standard InChI is InChI=1S/C35H42F6N8O4/c1-16-7-9-46(16)32-43-29(35(39,40)41)27-23(15-49(31(27)45-32)20-5-3-18(11-20)12-25(50)51)22-14-48(17(22)2)33-42-28(34(36,37)38)21-8-10-47(30(21)44-33)24-6-4-19(24)13-26(52)53/h16-20,22-24H,3-15H2,1-2H3,(H,50,51)(H,52,53). The van der Waals surface area contributed by atoms with Crippen molar-refractivity contribution in [2.24, 2.45) is 17.8 Å². The summed E-state index contributed by atoms with van der Waals surface area (Å²) in [7, 11) is 0. The fraction of sp³-hybridized carbons (Fsp3) is 0.714. The summed E-state index contributed by atoms with van der Waals surface area (Å²) in [5, 5.41) is 18.8. The maximum Gasteiger partial charge on any atom is 0.433 e. The molecule has 0 amide bonds. The quantitative estimate of drug-likeness (QED) is 0.309. The van der Waals surface area contributed by atoms with Crippen molar-refractivity contribution in [3.8, 4) is 0 Å². The molecule has 0 radical (unpaired) electrons. The zero-order valence-corrected chi connectivity index (χ0v) is 29.4. The van der Waals surface area contributed by atoms with Gasteiger partial charge in [-0.2, -0.15) is 36.3 Å². The van der Waals surface area contributed by atoms with Crippen molar-refractivity contribution >= 4 is 35.5 Å². The lowest BCUT2D eigenvalue weighted by Gasteiger charge is -2.49. The van der Waals surface area contributed by atoms with E-state index in [2.05, 4.69) is 15.0 Å². The number of alkyl halides is 6. The summed E-state index contributed by atoms with van der Waals surface area (Å²) < 4.78 is 88.3. The van der Waals surface area contributed by atoms with Gasteiger partial charge in [0.1, 0.15) is 11.6 Å². The van der Waals surface area contributed by atoms with E-state index in [-0.39, 0.29) is 104 Å². The molecule has 2 N–H and O–H groups in total. The van der Waals surface area contributed by atoms with Crippen LogP contribution in [0.4, 0.5) is 49.9 Å². The summed E-state index contributed by atoms with van der Waals surface area (Å²) in [6, 6.07) is -1.04. The molecular formula is C35H42F6N8O4. The van der Waals surface area contributed by atoms with Crippen molar-refractivity contribution < 1.29 is 46.1 Å². The molecule has 0 spiro atoms. The Morgan fingerprint density at radius 2 is 1.42 bits per heavy atom. The number of carboxylic acids is 2. The Bertz CT molecular complexity index is 1810. The van der Waals surface area contributed by atoms with Crippen LogP contribution < -0.4 is 19.6 Å². The van der Waals surface area contributed by atoms with Gasteiger partial charge in [0.15, 0.2) is 11.4 Å². The molecule has 8 atom stereocenters. The predicted molar refractivity (Wildman–Crippen MR) is 179 cm³/mol. The molecule has 18 heteroatoms. The number of carbonyl (C=O) groups is 2. The largest absolute Gasteiger partial charge is 0.481 e. The van der Waals surface area contributed by atoms with Crippen LogP contribution in [0.15, 0.2) is 0 Å². The van der Waals surface area contributed by atoms with E-state index in [1.807, 2.05) is 11.8 Å². The lowest BCUT2D eigenvalue weighted by atomic mass is 9.76. The number of hydrogen-bond donors (Lipinski definition) is 2. The third kappa shape index (κ3) is 6.16. The SMILES string of the molecule is CC1CCN1c1nc2c(c(C(F)(F)F)n1)C(C1CN(c3nc4c(c(C(F)(F)F)n3)CCN4C3CCC3CC(=O)O)C1C)CN2C1CCC(CC(=O)O)C1. The summed E-state index contributed by atoms with van der Waals surface area (Å²) in [5.74, 6) is -3.14. The minimum atomic E-state index is -4.80. The van der Waals surface area contributed by atoms with Gasteiger partial charge in [-0.05, 0) is 70.6 Å². The molecule has 2 aliphatic carbocycles. The Hall–Kier alpha value is -4.12. The van der Waals surface area contributed by atoms with E-state index in [0.717, 1.165) is 6.42 Å². The van der Waals surface area contributed by atoms with Crippen LogP contribution in [0.5, 0.6) is 0 Å². The molecule has 8 rings (SSSR count). The zero-order chi connectivity index (χ0) is 37.7. The second kappa shape index (κ2) is 12.7. The van der Waals surface area contributed by atoms with Crippen molar-refractivity contribution in [2.75, 3.05) is 45.8 Å². The summed E-state index contributed by atoms with van der Waals surface area (Å²) in [4.78, 5) is 47.5. The highest BCUT2D eigenvalue weighted by atomic mass is 19.4. The predicted octanol–water partition coefficient (Wildman–Crippen LogP) is 5.59. The Labute approximate surface area is 301 Å². The minimum absolute atomic E-state index is 0.0108. The monoisotopic (exact) mass is 752 g/mol. The van der Waals surface area contributed by atoms with Crippen LogP contribution in [0.2, 0.25) is 0 Å². The Kier molecular flexibility index (Phi) is 8.63. The summed E-state index contributed by atoms with van der Waals surface area (Å²) in [5.41, 5.74) is -2.08. The van der Waals surface area contributed by atoms with E-state index < -0.39 is 53.6 Å². The lowest BCUT2D eigenvalue weighted by Crippen LogP contribution is -2.58. The average molecular weight is 753 g/mol. The van der Waals surface area contributed by atoms with Gasteiger partial charge in [0.25, 0.3) is 0 Å². The molecule has 8 unspecified atom stereocenters. The molecule has 4 aliphatic heterocycles. The Morgan fingerprint density at radius 1 is 0.736 bits per heavy atom. The molecule has 6 heterocycles. The molecule has 2 aromatic rings. The minimum Gasteiger partial charge on any atom is -0.481 e. The molecule has 12 nitrogen and oxygen atoms in total. The number of hydrogen-bond acceptors (Lipinski definition) is 10. The van der Waals surface area contributed by atoms with Gasteiger partial charge in [-0.15, -0.1) is 0 Å². The third-order valence-corrected chi connectivity index (χ3v) is 12.8. The molecule has 6 aliphatic rings. The van der Waals surface area contributed by atoms with Crippen LogP contribution in [-0.4, -0.2) is 92.4 Å². The van der Waals surface area contributed by atoms with Crippen molar-refractivity contribution in [3.05, 3.63) is 22.5 Å². The number of halogens is 6. The van der Waals surface area contributed by atoms with Crippen molar-refractivity contribution in [3.63, 3.8) is 0 Å². The van der Waals surface area contributed by atoms with Crippen LogP contribution >= 0.6 is 0 Å². The number of fused-ring (bicyclic) bond motifs is 2. The van der Waals surface area contributed by atoms with Gasteiger partial charge in [0.05, 0.1) is 6.42 Å². The highest BCUT2D eigenvalue weighted by Gasteiger charge is 2.54. The van der Waals surface area contributed by atoms with Crippen LogP contribution in [0.1, 0.15) is 93.6 Å².